The molecule has 234 valence electrons. The van der Waals surface area contributed by atoms with Crippen LogP contribution in [0.4, 0.5) is 0 Å². The van der Waals surface area contributed by atoms with Gasteiger partial charge in [-0.1, -0.05) is 39.3 Å². The van der Waals surface area contributed by atoms with Gasteiger partial charge in [0.1, 0.15) is 18.3 Å². The third-order valence-corrected chi connectivity index (χ3v) is 12.2. The van der Waals surface area contributed by atoms with E-state index >= 15 is 0 Å². The van der Waals surface area contributed by atoms with E-state index in [1.54, 1.807) is 5.01 Å². The van der Waals surface area contributed by atoms with Gasteiger partial charge in [0, 0.05) is 39.7 Å². The Kier molecular flexibility index (Phi) is 8.53. The molecule has 3 saturated carbocycles. The van der Waals surface area contributed by atoms with Crippen molar-refractivity contribution in [1.29, 1.82) is 0 Å². The van der Waals surface area contributed by atoms with E-state index in [9.17, 15) is 19.3 Å². The number of piperidine rings is 1. The fraction of sp³-hybridized carbons (Fsp3) is 0.848. The van der Waals surface area contributed by atoms with Gasteiger partial charge in [0.15, 0.2) is 0 Å². The van der Waals surface area contributed by atoms with E-state index in [0.717, 1.165) is 44.9 Å². The fourth-order valence-electron chi connectivity index (χ4n) is 10.7. The maximum atomic E-state index is 12.4. The van der Waals surface area contributed by atoms with Crippen molar-refractivity contribution >= 4 is 17.9 Å². The van der Waals surface area contributed by atoms with Crippen LogP contribution in [0.1, 0.15) is 99.8 Å². The van der Waals surface area contributed by atoms with Crippen LogP contribution in [0.2, 0.25) is 0 Å². The van der Waals surface area contributed by atoms with Gasteiger partial charge < -0.3 is 14.2 Å². The van der Waals surface area contributed by atoms with Crippen LogP contribution in [0, 0.1) is 51.2 Å². The molecule has 9 nitrogen and oxygen atoms in total. The molecule has 0 bridgehead atoms. The van der Waals surface area contributed by atoms with E-state index in [1.165, 1.54) is 26.3 Å². The zero-order valence-corrected chi connectivity index (χ0v) is 26.5. The molecule has 5 aliphatic rings. The predicted molar refractivity (Wildman–Crippen MR) is 156 cm³/mol. The summed E-state index contributed by atoms with van der Waals surface area (Å²) in [5.41, 5.74) is 1.42. The van der Waals surface area contributed by atoms with Gasteiger partial charge in [-0.15, -0.1) is 4.91 Å². The van der Waals surface area contributed by atoms with E-state index in [4.69, 9.17) is 14.2 Å². The Labute approximate surface area is 250 Å². The number of carbonyl (C=O) groups excluding carboxylic acids is 3. The minimum absolute atomic E-state index is 0.00551. The number of rotatable bonds is 6. The van der Waals surface area contributed by atoms with Crippen LogP contribution in [0.15, 0.2) is 16.9 Å². The molecule has 4 aliphatic carbocycles. The second-order valence-corrected chi connectivity index (χ2v) is 14.7. The summed E-state index contributed by atoms with van der Waals surface area (Å²) in [4.78, 5) is 48.4. The molecule has 0 aromatic carbocycles. The summed E-state index contributed by atoms with van der Waals surface area (Å²) in [5, 5.41) is 5.03. The number of esters is 3. The van der Waals surface area contributed by atoms with Crippen molar-refractivity contribution in [3.05, 3.63) is 16.6 Å². The highest BCUT2D eigenvalue weighted by Crippen LogP contribution is 2.68. The van der Waals surface area contributed by atoms with Gasteiger partial charge in [0.05, 0.1) is 11.3 Å². The van der Waals surface area contributed by atoms with E-state index in [0.29, 0.717) is 30.7 Å². The van der Waals surface area contributed by atoms with Crippen LogP contribution in [0.3, 0.4) is 0 Å². The van der Waals surface area contributed by atoms with E-state index in [-0.39, 0.29) is 64.7 Å². The first-order chi connectivity index (χ1) is 19.8. The third kappa shape index (κ3) is 5.38. The molecule has 0 N–H and O–H groups in total. The number of nitrogens with zero attached hydrogens (tertiary/aromatic N) is 2. The molecule has 5 rings (SSSR count). The Balaban J connectivity index is 1.46. The molecular formula is C33H50N2O7. The van der Waals surface area contributed by atoms with Gasteiger partial charge in [0.25, 0.3) is 0 Å². The molecule has 0 unspecified atom stereocenters. The van der Waals surface area contributed by atoms with Crippen LogP contribution in [-0.4, -0.2) is 53.8 Å². The number of hydrogen-bond acceptors (Lipinski definition) is 8. The molecule has 42 heavy (non-hydrogen) atoms. The van der Waals surface area contributed by atoms with Crippen molar-refractivity contribution in [3.63, 3.8) is 0 Å². The lowest BCUT2D eigenvalue weighted by Gasteiger charge is -2.58. The zero-order valence-electron chi connectivity index (χ0n) is 26.5. The molecule has 0 aromatic rings. The Hall–Kier alpha value is -2.45. The second-order valence-electron chi connectivity index (χ2n) is 14.7. The molecule has 9 heteroatoms. The van der Waals surface area contributed by atoms with Crippen LogP contribution in [-0.2, 0) is 28.6 Å². The highest BCUT2D eigenvalue weighted by atomic mass is 16.6. The SMILES string of the molecule is CC(=O)O[C@H]1CC[C@@]2(C)C(=CC[C@H]3[C@@H]4C[C@H](OC(C)=O)[C@H]([C@H](C)[C@H]5[C@@H](OC(C)=O)C[C@@H](C)CN5N=O)[C@@]4(C)CC[C@@H]32)C1. The summed E-state index contributed by atoms with van der Waals surface area (Å²) in [6.45, 7) is 13.9. The number of fused-ring (bicyclic) bond motifs is 5. The maximum Gasteiger partial charge on any atom is 0.302 e. The first kappa shape index (κ1) is 31.0. The maximum absolute atomic E-state index is 12.4. The third-order valence-electron chi connectivity index (χ3n) is 12.2. The first-order valence-corrected chi connectivity index (χ1v) is 16.1. The molecule has 1 aliphatic heterocycles. The van der Waals surface area contributed by atoms with E-state index in [2.05, 4.69) is 39.1 Å². The molecule has 0 radical (unpaired) electrons. The number of allylic oxidation sites excluding steroid dienone is 1. The summed E-state index contributed by atoms with van der Waals surface area (Å²) in [7, 11) is 0. The molecule has 12 atom stereocenters. The lowest BCUT2D eigenvalue weighted by atomic mass is 9.46. The summed E-state index contributed by atoms with van der Waals surface area (Å²) in [5.74, 6) is 0.602. The number of nitroso groups, excluding NO2 is 1. The minimum Gasteiger partial charge on any atom is -0.462 e. The number of carbonyl (C=O) groups is 3. The Morgan fingerprint density at radius 1 is 0.952 bits per heavy atom. The highest BCUT2D eigenvalue weighted by molar-refractivity contribution is 5.67. The number of hydrogen-bond donors (Lipinski definition) is 0. The minimum atomic E-state index is -0.442. The van der Waals surface area contributed by atoms with Crippen LogP contribution >= 0.6 is 0 Å². The average Bonchev–Trinajstić information content (AvgIpc) is 3.18. The predicted octanol–water partition coefficient (Wildman–Crippen LogP) is 6.00. The van der Waals surface area contributed by atoms with Gasteiger partial charge in [0.2, 0.25) is 0 Å². The fourth-order valence-corrected chi connectivity index (χ4v) is 10.7. The molecule has 1 heterocycles. The summed E-state index contributed by atoms with van der Waals surface area (Å²) >= 11 is 0. The van der Waals surface area contributed by atoms with Gasteiger partial charge >= 0.3 is 17.9 Å². The lowest BCUT2D eigenvalue weighted by molar-refractivity contribution is -0.163. The van der Waals surface area contributed by atoms with Crippen molar-refractivity contribution in [3.8, 4) is 0 Å². The molecule has 1 saturated heterocycles. The molecule has 4 fully saturated rings. The standard InChI is InChI=1S/C33H50N2O7/c1-18-14-29(42-22(5)38)31(35(17-18)34-39)19(2)30-28(41-21(4)37)16-27-25-9-8-23-15-24(40-20(3)36)10-12-32(23,6)26(25)11-13-33(27,30)7/h8,18-19,24-31H,9-17H2,1-7H3/t18-,19+,24+,25-,26+,27+,28+,29+,30+,31+,32+,33+/m1/s1. The van der Waals surface area contributed by atoms with Crippen molar-refractivity contribution in [1.82, 2.24) is 5.01 Å². The average molecular weight is 587 g/mol. The van der Waals surface area contributed by atoms with Crippen molar-refractivity contribution in [2.45, 2.75) is 124 Å². The molecule has 0 aromatic heterocycles. The lowest BCUT2D eigenvalue weighted by Crippen LogP contribution is -2.57. The Morgan fingerprint density at radius 2 is 1.62 bits per heavy atom. The smallest absolute Gasteiger partial charge is 0.302 e. The van der Waals surface area contributed by atoms with Crippen LogP contribution in [0.5, 0.6) is 0 Å². The van der Waals surface area contributed by atoms with Crippen LogP contribution in [0.25, 0.3) is 0 Å². The second kappa shape index (κ2) is 11.6. The Morgan fingerprint density at radius 3 is 2.26 bits per heavy atom. The molecular weight excluding hydrogens is 536 g/mol. The summed E-state index contributed by atoms with van der Waals surface area (Å²) in [6.07, 6.45) is 8.97. The van der Waals surface area contributed by atoms with E-state index < -0.39 is 6.10 Å². The van der Waals surface area contributed by atoms with Gasteiger partial charge in [-0.25, -0.2) is 0 Å². The molecule has 0 spiro atoms. The highest BCUT2D eigenvalue weighted by Gasteiger charge is 2.64. The largest absolute Gasteiger partial charge is 0.462 e. The topological polar surface area (TPSA) is 112 Å². The van der Waals surface area contributed by atoms with E-state index in [1.807, 2.05) is 0 Å². The first-order valence-electron chi connectivity index (χ1n) is 16.1. The summed E-state index contributed by atoms with van der Waals surface area (Å²) in [6, 6.07) is -0.370. The zero-order chi connectivity index (χ0) is 30.6. The van der Waals surface area contributed by atoms with Crippen molar-refractivity contribution in [2.75, 3.05) is 6.54 Å². The van der Waals surface area contributed by atoms with Crippen LogP contribution < -0.4 is 0 Å². The summed E-state index contributed by atoms with van der Waals surface area (Å²) < 4.78 is 17.6. The Bertz CT molecular complexity index is 1120. The molecule has 0 amide bonds. The monoisotopic (exact) mass is 586 g/mol. The van der Waals surface area contributed by atoms with Crippen molar-refractivity contribution in [2.24, 2.45) is 51.6 Å². The quantitative estimate of drug-likeness (QED) is 0.161. The van der Waals surface area contributed by atoms with Gasteiger partial charge in [-0.3, -0.25) is 19.4 Å². The van der Waals surface area contributed by atoms with Gasteiger partial charge in [-0.2, -0.15) is 0 Å². The van der Waals surface area contributed by atoms with Crippen molar-refractivity contribution < 1.29 is 28.6 Å². The number of ether oxygens (including phenoxy) is 3. The van der Waals surface area contributed by atoms with Gasteiger partial charge in [-0.05, 0) is 85.4 Å². The normalized spacial score (nSPS) is 43.5.